The molecule has 5 nitrogen and oxygen atoms in total. The first-order valence-corrected chi connectivity index (χ1v) is 7.82. The van der Waals surface area contributed by atoms with Gasteiger partial charge in [0.1, 0.15) is 0 Å². The molecule has 1 heterocycles. The highest BCUT2D eigenvalue weighted by atomic mass is 35.5. The molecule has 0 atom stereocenters. The normalized spacial score (nSPS) is 10.6. The van der Waals surface area contributed by atoms with Crippen molar-refractivity contribution >= 4 is 17.5 Å². The molecule has 0 radical (unpaired) electrons. The van der Waals surface area contributed by atoms with E-state index in [0.29, 0.717) is 22.3 Å². The Hall–Kier alpha value is -2.66. The maximum atomic E-state index is 12.5. The second-order valence-electron chi connectivity index (χ2n) is 5.52. The third-order valence-corrected chi connectivity index (χ3v) is 3.89. The predicted molar refractivity (Wildman–Crippen MR) is 91.7 cm³/mol. The van der Waals surface area contributed by atoms with Crippen molar-refractivity contribution < 1.29 is 9.32 Å². The summed E-state index contributed by atoms with van der Waals surface area (Å²) >= 11 is 6.16. The molecule has 0 aliphatic rings. The molecule has 0 aliphatic heterocycles. The van der Waals surface area contributed by atoms with Crippen LogP contribution in [0.2, 0.25) is 5.02 Å². The number of aryl methyl sites for hydroxylation is 1. The van der Waals surface area contributed by atoms with E-state index in [1.165, 1.54) is 4.90 Å². The van der Waals surface area contributed by atoms with E-state index in [1.54, 1.807) is 19.2 Å². The lowest BCUT2D eigenvalue weighted by atomic mass is 10.1. The van der Waals surface area contributed by atoms with Crippen LogP contribution in [0.3, 0.4) is 0 Å². The van der Waals surface area contributed by atoms with Crippen LogP contribution >= 0.6 is 11.6 Å². The van der Waals surface area contributed by atoms with Crippen molar-refractivity contribution in [1.82, 2.24) is 15.0 Å². The number of nitrogens with zero attached hydrogens (tertiary/aromatic N) is 3. The van der Waals surface area contributed by atoms with Crippen LogP contribution in [-0.2, 0) is 6.54 Å². The van der Waals surface area contributed by atoms with Gasteiger partial charge in [-0.25, -0.2) is 0 Å². The van der Waals surface area contributed by atoms with Crippen molar-refractivity contribution in [3.05, 3.63) is 70.6 Å². The van der Waals surface area contributed by atoms with Gasteiger partial charge in [-0.15, -0.1) is 0 Å². The van der Waals surface area contributed by atoms with Crippen LogP contribution in [0.4, 0.5) is 0 Å². The lowest BCUT2D eigenvalue weighted by molar-refractivity contribution is 0.0770. The first-order valence-electron chi connectivity index (χ1n) is 7.44. The van der Waals surface area contributed by atoms with Crippen molar-refractivity contribution in [3.63, 3.8) is 0 Å². The lowest BCUT2D eigenvalue weighted by Crippen LogP contribution is -2.26. The highest BCUT2D eigenvalue weighted by molar-refractivity contribution is 6.33. The summed E-state index contributed by atoms with van der Waals surface area (Å²) in [5.41, 5.74) is 2.32. The molecule has 0 aliphatic carbocycles. The molecule has 122 valence electrons. The molecule has 3 aromatic rings. The van der Waals surface area contributed by atoms with Gasteiger partial charge < -0.3 is 9.42 Å². The maximum Gasteiger partial charge on any atom is 0.255 e. The van der Waals surface area contributed by atoms with Crippen molar-refractivity contribution in [2.24, 2.45) is 0 Å². The Morgan fingerprint density at radius 2 is 1.96 bits per heavy atom. The average molecular weight is 342 g/mol. The van der Waals surface area contributed by atoms with E-state index in [0.717, 1.165) is 11.1 Å². The van der Waals surface area contributed by atoms with E-state index in [-0.39, 0.29) is 12.5 Å². The minimum absolute atomic E-state index is 0.195. The first kappa shape index (κ1) is 16.2. The zero-order valence-corrected chi connectivity index (χ0v) is 14.1. The van der Waals surface area contributed by atoms with Gasteiger partial charge >= 0.3 is 0 Å². The highest BCUT2D eigenvalue weighted by Gasteiger charge is 2.18. The number of aromatic nitrogens is 2. The number of amides is 1. The summed E-state index contributed by atoms with van der Waals surface area (Å²) in [5.74, 6) is 0.673. The molecule has 0 fully saturated rings. The van der Waals surface area contributed by atoms with Gasteiger partial charge in [-0.2, -0.15) is 4.98 Å². The van der Waals surface area contributed by atoms with Crippen molar-refractivity contribution in [2.45, 2.75) is 13.5 Å². The monoisotopic (exact) mass is 341 g/mol. The highest BCUT2D eigenvalue weighted by Crippen LogP contribution is 2.20. The van der Waals surface area contributed by atoms with Gasteiger partial charge in [-0.3, -0.25) is 4.79 Å². The third-order valence-electron chi connectivity index (χ3n) is 3.57. The molecule has 0 saturated carbocycles. The standard InChI is InChI=1S/C18H16ClN3O2/c1-12-8-9-14(15(19)10-12)18(23)22(2)11-16-20-17(21-24-16)13-6-4-3-5-7-13/h3-10H,11H2,1-2H3. The van der Waals surface area contributed by atoms with E-state index in [2.05, 4.69) is 10.1 Å². The second-order valence-corrected chi connectivity index (χ2v) is 5.93. The predicted octanol–water partition coefficient (Wildman–Crippen LogP) is 3.97. The number of rotatable bonds is 4. The van der Waals surface area contributed by atoms with Gasteiger partial charge in [0.15, 0.2) is 0 Å². The SMILES string of the molecule is Cc1ccc(C(=O)N(C)Cc2nc(-c3ccccc3)no2)c(Cl)c1. The van der Waals surface area contributed by atoms with Gasteiger partial charge in [0.05, 0.1) is 17.1 Å². The fourth-order valence-corrected chi connectivity index (χ4v) is 2.61. The molecule has 0 N–H and O–H groups in total. The van der Waals surface area contributed by atoms with Crippen molar-refractivity contribution in [2.75, 3.05) is 7.05 Å². The summed E-state index contributed by atoms with van der Waals surface area (Å²) in [7, 11) is 1.67. The van der Waals surface area contributed by atoms with Crippen molar-refractivity contribution in [1.29, 1.82) is 0 Å². The topological polar surface area (TPSA) is 59.2 Å². The zero-order valence-electron chi connectivity index (χ0n) is 13.4. The van der Waals surface area contributed by atoms with Crippen LogP contribution in [0, 0.1) is 6.92 Å². The number of halogens is 1. The van der Waals surface area contributed by atoms with Gasteiger partial charge in [-0.05, 0) is 24.6 Å². The van der Waals surface area contributed by atoms with Gasteiger partial charge in [-0.1, -0.05) is 53.2 Å². The fraction of sp³-hybridized carbons (Fsp3) is 0.167. The third kappa shape index (κ3) is 3.46. The van der Waals surface area contributed by atoms with Crippen LogP contribution in [0.15, 0.2) is 53.1 Å². The molecule has 1 amide bonds. The Kier molecular flexibility index (Phi) is 4.62. The largest absolute Gasteiger partial charge is 0.337 e. The lowest BCUT2D eigenvalue weighted by Gasteiger charge is -2.15. The van der Waals surface area contributed by atoms with E-state index in [4.69, 9.17) is 16.1 Å². The summed E-state index contributed by atoms with van der Waals surface area (Å²) in [6, 6.07) is 14.9. The fourth-order valence-electron chi connectivity index (χ4n) is 2.30. The molecule has 0 bridgehead atoms. The Morgan fingerprint density at radius 1 is 1.21 bits per heavy atom. The number of carbonyl (C=O) groups excluding carboxylic acids is 1. The van der Waals surface area contributed by atoms with E-state index in [9.17, 15) is 4.79 Å². The van der Waals surface area contributed by atoms with Gasteiger partial charge in [0, 0.05) is 12.6 Å². The number of hydrogen-bond acceptors (Lipinski definition) is 4. The molecule has 0 saturated heterocycles. The molecule has 6 heteroatoms. The molecule has 24 heavy (non-hydrogen) atoms. The van der Waals surface area contributed by atoms with Gasteiger partial charge in [0.2, 0.25) is 11.7 Å². The summed E-state index contributed by atoms with van der Waals surface area (Å²) in [6.45, 7) is 2.14. The zero-order chi connectivity index (χ0) is 17.1. The minimum atomic E-state index is -0.195. The minimum Gasteiger partial charge on any atom is -0.337 e. The van der Waals surface area contributed by atoms with Crippen LogP contribution < -0.4 is 0 Å². The summed E-state index contributed by atoms with van der Waals surface area (Å²) in [6.07, 6.45) is 0. The molecular weight excluding hydrogens is 326 g/mol. The Bertz CT molecular complexity index is 862. The number of carbonyl (C=O) groups is 1. The van der Waals surface area contributed by atoms with Crippen LogP contribution in [-0.4, -0.2) is 28.0 Å². The van der Waals surface area contributed by atoms with E-state index < -0.39 is 0 Å². The van der Waals surface area contributed by atoms with Crippen LogP contribution in [0.5, 0.6) is 0 Å². The average Bonchev–Trinajstić information content (AvgIpc) is 3.03. The molecule has 1 aromatic heterocycles. The van der Waals surface area contributed by atoms with Crippen LogP contribution in [0.1, 0.15) is 21.8 Å². The molecule has 2 aromatic carbocycles. The Balaban J connectivity index is 1.74. The van der Waals surface area contributed by atoms with Gasteiger partial charge in [0.25, 0.3) is 5.91 Å². The Labute approximate surface area is 144 Å². The Morgan fingerprint density at radius 3 is 2.67 bits per heavy atom. The van der Waals surface area contributed by atoms with E-state index in [1.807, 2.05) is 43.3 Å². The summed E-state index contributed by atoms with van der Waals surface area (Å²) in [4.78, 5) is 18.3. The van der Waals surface area contributed by atoms with E-state index >= 15 is 0 Å². The van der Waals surface area contributed by atoms with Crippen molar-refractivity contribution in [3.8, 4) is 11.4 Å². The summed E-state index contributed by atoms with van der Waals surface area (Å²) < 4.78 is 5.24. The molecule has 0 unspecified atom stereocenters. The smallest absolute Gasteiger partial charge is 0.255 e. The quantitative estimate of drug-likeness (QED) is 0.720. The summed E-state index contributed by atoms with van der Waals surface area (Å²) in [5, 5.41) is 4.38. The number of hydrogen-bond donors (Lipinski definition) is 0. The first-order chi connectivity index (χ1) is 11.5. The molecule has 3 rings (SSSR count). The molecule has 0 spiro atoms. The maximum absolute atomic E-state index is 12.5. The number of benzene rings is 2. The molecular formula is C18H16ClN3O2. The van der Waals surface area contributed by atoms with Crippen LogP contribution in [0.25, 0.3) is 11.4 Å². The second kappa shape index (κ2) is 6.84.